The average Bonchev–Trinajstić information content (AvgIpc) is 3.25. The van der Waals surface area contributed by atoms with Crippen molar-refractivity contribution >= 4 is 11.9 Å². The Morgan fingerprint density at radius 2 is 1.78 bits per heavy atom. The number of hydrogen-bond acceptors (Lipinski definition) is 5. The van der Waals surface area contributed by atoms with Crippen molar-refractivity contribution < 1.29 is 28.9 Å². The Bertz CT molecular complexity index is 736. The molecular formula is C21H26O6. The lowest BCUT2D eigenvalue weighted by molar-refractivity contribution is -0.223. The number of aliphatic carboxylic acids is 1. The number of carboxylic acids is 1. The summed E-state index contributed by atoms with van der Waals surface area (Å²) in [4.78, 5) is 24.9. The van der Waals surface area contributed by atoms with Crippen LogP contribution in [-0.2, 0) is 19.0 Å². The summed E-state index contributed by atoms with van der Waals surface area (Å²) in [5.74, 6) is -3.59. The van der Waals surface area contributed by atoms with Gasteiger partial charge >= 0.3 is 11.9 Å². The lowest BCUT2D eigenvalue weighted by Gasteiger charge is -2.37. The number of ether oxygens (including phenoxy) is 3. The van der Waals surface area contributed by atoms with E-state index < -0.39 is 17.7 Å². The van der Waals surface area contributed by atoms with Crippen molar-refractivity contribution in [2.45, 2.75) is 39.1 Å². The molecule has 6 heteroatoms. The Kier molecular flexibility index (Phi) is 4.31. The second kappa shape index (κ2) is 6.31. The summed E-state index contributed by atoms with van der Waals surface area (Å²) in [6, 6.07) is 8.90. The van der Waals surface area contributed by atoms with Crippen molar-refractivity contribution in [3.63, 3.8) is 0 Å². The van der Waals surface area contributed by atoms with Crippen LogP contribution in [0.2, 0.25) is 0 Å². The van der Waals surface area contributed by atoms with Crippen LogP contribution in [0.25, 0.3) is 0 Å². The van der Waals surface area contributed by atoms with Crippen molar-refractivity contribution in [1.29, 1.82) is 0 Å². The summed E-state index contributed by atoms with van der Waals surface area (Å²) in [6.45, 7) is 6.85. The molecule has 27 heavy (non-hydrogen) atoms. The topological polar surface area (TPSA) is 82.1 Å². The van der Waals surface area contributed by atoms with Crippen LogP contribution in [-0.4, -0.2) is 42.1 Å². The SMILES string of the molecule is C[C@@H]1C2C(CC(C)(C)[C@@H]2OC(=O)c2ccccc2)[C@H](C(=O)O)C12OCCO2. The standard InChI is InChI=1S/C21H26O6/c1-12-15-14(16(18(22)23)21(12)25-9-10-26-21)11-20(2,3)17(15)27-19(24)13-7-5-4-6-8-13/h4-8,12,14-17H,9-11H2,1-3H3,(H,22,23)/t12-,14?,15?,16-,17-/m1/s1. The maximum absolute atomic E-state index is 12.7. The Balaban J connectivity index is 1.67. The minimum atomic E-state index is -1.12. The van der Waals surface area contributed by atoms with Crippen LogP contribution in [0.15, 0.2) is 30.3 Å². The van der Waals surface area contributed by atoms with Crippen LogP contribution >= 0.6 is 0 Å². The van der Waals surface area contributed by atoms with Gasteiger partial charge in [-0.05, 0) is 24.5 Å². The molecule has 1 aliphatic heterocycles. The van der Waals surface area contributed by atoms with Gasteiger partial charge in [-0.15, -0.1) is 0 Å². The first-order valence-corrected chi connectivity index (χ1v) is 9.55. The Morgan fingerprint density at radius 1 is 1.15 bits per heavy atom. The molecule has 0 aromatic heterocycles. The molecule has 0 bridgehead atoms. The van der Waals surface area contributed by atoms with Crippen LogP contribution in [0.3, 0.4) is 0 Å². The van der Waals surface area contributed by atoms with Crippen molar-refractivity contribution in [3.8, 4) is 0 Å². The number of benzene rings is 1. The molecule has 1 aromatic rings. The van der Waals surface area contributed by atoms with E-state index in [9.17, 15) is 14.7 Å². The first kappa shape index (κ1) is 18.4. The smallest absolute Gasteiger partial charge is 0.338 e. The van der Waals surface area contributed by atoms with Gasteiger partial charge in [-0.3, -0.25) is 4.79 Å². The predicted molar refractivity (Wildman–Crippen MR) is 95.9 cm³/mol. The van der Waals surface area contributed by atoms with E-state index in [0.29, 0.717) is 25.2 Å². The van der Waals surface area contributed by atoms with Gasteiger partial charge in [0, 0.05) is 17.3 Å². The van der Waals surface area contributed by atoms with Crippen LogP contribution < -0.4 is 0 Å². The number of carbonyl (C=O) groups is 2. The summed E-state index contributed by atoms with van der Waals surface area (Å²) in [6.07, 6.45) is 0.263. The Labute approximate surface area is 158 Å². The quantitative estimate of drug-likeness (QED) is 0.819. The fraction of sp³-hybridized carbons (Fsp3) is 0.619. The second-order valence-electron chi connectivity index (χ2n) is 8.65. The molecule has 1 spiro atoms. The van der Waals surface area contributed by atoms with Gasteiger partial charge in [-0.2, -0.15) is 0 Å². The van der Waals surface area contributed by atoms with Crippen LogP contribution in [0.5, 0.6) is 0 Å². The minimum Gasteiger partial charge on any atom is -0.481 e. The van der Waals surface area contributed by atoms with Gasteiger partial charge in [-0.25, -0.2) is 4.79 Å². The molecule has 1 aromatic carbocycles. The number of carbonyl (C=O) groups excluding carboxylic acids is 1. The number of hydrogen-bond donors (Lipinski definition) is 1. The minimum absolute atomic E-state index is 0.119. The van der Waals surface area contributed by atoms with Crippen LogP contribution in [0.1, 0.15) is 37.6 Å². The highest BCUT2D eigenvalue weighted by Crippen LogP contribution is 2.63. The zero-order valence-corrected chi connectivity index (χ0v) is 15.9. The molecule has 1 heterocycles. The fourth-order valence-electron chi connectivity index (χ4n) is 5.67. The Hall–Kier alpha value is -1.92. The van der Waals surface area contributed by atoms with E-state index in [2.05, 4.69) is 0 Å². The first-order valence-electron chi connectivity index (χ1n) is 9.55. The molecule has 0 amide bonds. The average molecular weight is 374 g/mol. The van der Waals surface area contributed by atoms with Crippen molar-refractivity contribution in [2.24, 2.45) is 29.1 Å². The number of fused-ring (bicyclic) bond motifs is 1. The van der Waals surface area contributed by atoms with Gasteiger partial charge in [0.15, 0.2) is 5.79 Å². The predicted octanol–water partition coefficient (Wildman–Crippen LogP) is 2.97. The zero-order chi connectivity index (χ0) is 19.4. The van der Waals surface area contributed by atoms with Gasteiger partial charge in [0.2, 0.25) is 0 Å². The van der Waals surface area contributed by atoms with Gasteiger partial charge in [-0.1, -0.05) is 39.0 Å². The van der Waals surface area contributed by atoms with Crippen LogP contribution in [0, 0.1) is 29.1 Å². The van der Waals surface area contributed by atoms with Crippen LogP contribution in [0.4, 0.5) is 0 Å². The molecule has 5 atom stereocenters. The molecule has 2 saturated carbocycles. The molecule has 2 aliphatic carbocycles. The maximum atomic E-state index is 12.7. The maximum Gasteiger partial charge on any atom is 0.338 e. The molecule has 0 radical (unpaired) electrons. The molecule has 4 rings (SSSR count). The number of rotatable bonds is 3. The lowest BCUT2D eigenvalue weighted by Crippen LogP contribution is -2.47. The highest BCUT2D eigenvalue weighted by Gasteiger charge is 2.71. The highest BCUT2D eigenvalue weighted by atomic mass is 16.7. The Morgan fingerprint density at radius 3 is 2.37 bits per heavy atom. The molecule has 1 saturated heterocycles. The van der Waals surface area contributed by atoms with E-state index in [4.69, 9.17) is 14.2 Å². The molecule has 3 fully saturated rings. The van der Waals surface area contributed by atoms with Crippen molar-refractivity contribution in [1.82, 2.24) is 0 Å². The summed E-state index contributed by atoms with van der Waals surface area (Å²) >= 11 is 0. The molecule has 146 valence electrons. The number of carboxylic acid groups (broad SMARTS) is 1. The van der Waals surface area contributed by atoms with Gasteiger partial charge in [0.25, 0.3) is 0 Å². The summed E-state index contributed by atoms with van der Waals surface area (Å²) in [5, 5.41) is 9.95. The first-order chi connectivity index (χ1) is 12.8. The zero-order valence-electron chi connectivity index (χ0n) is 15.9. The second-order valence-corrected chi connectivity index (χ2v) is 8.65. The monoisotopic (exact) mass is 374 g/mol. The van der Waals surface area contributed by atoms with Crippen molar-refractivity contribution in [3.05, 3.63) is 35.9 Å². The van der Waals surface area contributed by atoms with E-state index in [1.807, 2.05) is 26.8 Å². The molecule has 3 aliphatic rings. The lowest BCUT2D eigenvalue weighted by atomic mass is 9.80. The summed E-state index contributed by atoms with van der Waals surface area (Å²) < 4.78 is 17.8. The molecule has 6 nitrogen and oxygen atoms in total. The van der Waals surface area contributed by atoms with E-state index >= 15 is 0 Å². The largest absolute Gasteiger partial charge is 0.481 e. The van der Waals surface area contributed by atoms with E-state index in [0.717, 1.165) is 0 Å². The van der Waals surface area contributed by atoms with Crippen molar-refractivity contribution in [2.75, 3.05) is 13.2 Å². The van der Waals surface area contributed by atoms with Gasteiger partial charge in [0.05, 0.1) is 18.8 Å². The normalized spacial score (nSPS) is 35.9. The fourth-order valence-corrected chi connectivity index (χ4v) is 5.67. The van der Waals surface area contributed by atoms with Gasteiger partial charge in [0.1, 0.15) is 12.0 Å². The molecular weight excluding hydrogens is 348 g/mol. The van der Waals surface area contributed by atoms with E-state index in [1.165, 1.54) is 0 Å². The summed E-state index contributed by atoms with van der Waals surface area (Å²) in [7, 11) is 0. The molecule has 1 N–H and O–H groups in total. The van der Waals surface area contributed by atoms with E-state index in [-0.39, 0.29) is 35.2 Å². The van der Waals surface area contributed by atoms with E-state index in [1.54, 1.807) is 24.3 Å². The summed E-state index contributed by atoms with van der Waals surface area (Å²) in [5.41, 5.74) is 0.183. The molecule has 2 unspecified atom stereocenters. The third-order valence-corrected chi connectivity index (χ3v) is 6.70. The number of esters is 1. The third-order valence-electron chi connectivity index (χ3n) is 6.70. The van der Waals surface area contributed by atoms with Gasteiger partial charge < -0.3 is 19.3 Å². The highest BCUT2D eigenvalue weighted by molar-refractivity contribution is 5.89. The third kappa shape index (κ3) is 2.69.